The van der Waals surface area contributed by atoms with Crippen LogP contribution in [0.25, 0.3) is 12.2 Å². The molecule has 3 rings (SSSR count). The van der Waals surface area contributed by atoms with Crippen LogP contribution in [0, 0.1) is 0 Å². The van der Waals surface area contributed by atoms with Gasteiger partial charge in [0.05, 0.1) is 0 Å². The minimum absolute atomic E-state index is 0.172. The molecule has 6 heteroatoms. The highest BCUT2D eigenvalue weighted by atomic mass is 16.1. The van der Waals surface area contributed by atoms with E-state index in [1.54, 1.807) is 24.7 Å². The molecule has 0 aliphatic carbocycles. The molecule has 2 heterocycles. The van der Waals surface area contributed by atoms with Crippen LogP contribution in [0.2, 0.25) is 0 Å². The Morgan fingerprint density at radius 1 is 1.26 bits per heavy atom. The summed E-state index contributed by atoms with van der Waals surface area (Å²) < 4.78 is 0. The van der Waals surface area contributed by atoms with Crippen LogP contribution in [0.5, 0.6) is 0 Å². The number of hydrogen-bond donors (Lipinski definition) is 3. The highest BCUT2D eigenvalue weighted by Gasteiger charge is 2.15. The lowest BCUT2D eigenvalue weighted by atomic mass is 9.99. The number of likely N-dealkylation sites (N-methyl/N-ethyl adjacent to an activating group) is 1. The van der Waals surface area contributed by atoms with Crippen LogP contribution in [-0.2, 0) is 17.8 Å². The molecule has 140 valence electrons. The summed E-state index contributed by atoms with van der Waals surface area (Å²) in [7, 11) is 0. The van der Waals surface area contributed by atoms with Gasteiger partial charge in [-0.25, -0.2) is 0 Å². The fourth-order valence-corrected chi connectivity index (χ4v) is 3.16. The Kier molecular flexibility index (Phi) is 6.35. The number of carbonyl (C=O) groups excluding carboxylic acids is 1. The van der Waals surface area contributed by atoms with Crippen LogP contribution in [0.4, 0.5) is 5.69 Å². The predicted molar refractivity (Wildman–Crippen MR) is 109 cm³/mol. The van der Waals surface area contributed by atoms with Gasteiger partial charge in [-0.05, 0) is 60.0 Å². The molecule has 0 saturated carbocycles. The number of hydrazine groups is 1. The highest BCUT2D eigenvalue weighted by Crippen LogP contribution is 2.22. The van der Waals surface area contributed by atoms with E-state index < -0.39 is 0 Å². The largest absolute Gasteiger partial charge is 0.331 e. The number of nitrogens with zero attached hydrogens (tertiary/aromatic N) is 2. The van der Waals surface area contributed by atoms with Crippen molar-refractivity contribution in [3.05, 3.63) is 71.2 Å². The molecule has 2 aromatic rings. The maximum absolute atomic E-state index is 12.3. The zero-order chi connectivity index (χ0) is 19.1. The number of hydrogen-bond acceptors (Lipinski definition) is 5. The molecule has 1 aromatic carbocycles. The molecule has 0 saturated heterocycles. The van der Waals surface area contributed by atoms with Crippen molar-refractivity contribution in [3.8, 4) is 0 Å². The number of nitrogens with two attached hydrogens (primary N) is 1. The molecule has 0 fully saturated rings. The lowest BCUT2D eigenvalue weighted by Crippen LogP contribution is -2.30. The van der Waals surface area contributed by atoms with Gasteiger partial charge in [-0.3, -0.25) is 20.5 Å². The van der Waals surface area contributed by atoms with Gasteiger partial charge in [0.1, 0.15) is 0 Å². The van der Waals surface area contributed by atoms with Crippen molar-refractivity contribution in [2.45, 2.75) is 19.9 Å². The average molecular weight is 363 g/mol. The molecular weight excluding hydrogens is 338 g/mol. The van der Waals surface area contributed by atoms with E-state index in [9.17, 15) is 4.79 Å². The number of carbonyl (C=O) groups is 1. The lowest BCUT2D eigenvalue weighted by molar-refractivity contribution is -0.111. The zero-order valence-electron chi connectivity index (χ0n) is 15.5. The number of benzene rings is 1. The molecular formula is C21H25N5O. The van der Waals surface area contributed by atoms with Crippen LogP contribution in [0.1, 0.15) is 29.2 Å². The molecule has 27 heavy (non-hydrogen) atoms. The predicted octanol–water partition coefficient (Wildman–Crippen LogP) is 2.55. The first-order valence-corrected chi connectivity index (χ1v) is 9.09. The Morgan fingerprint density at radius 3 is 2.96 bits per heavy atom. The van der Waals surface area contributed by atoms with Gasteiger partial charge in [0.25, 0.3) is 0 Å². The summed E-state index contributed by atoms with van der Waals surface area (Å²) in [5.74, 6) is 5.09. The second-order valence-corrected chi connectivity index (χ2v) is 6.43. The first-order chi connectivity index (χ1) is 13.2. The Bertz CT molecular complexity index is 859. The molecule has 0 bridgehead atoms. The van der Waals surface area contributed by atoms with Gasteiger partial charge in [-0.2, -0.15) is 0 Å². The molecule has 1 aliphatic rings. The van der Waals surface area contributed by atoms with E-state index in [-0.39, 0.29) is 5.91 Å². The van der Waals surface area contributed by atoms with Crippen molar-refractivity contribution >= 4 is 23.7 Å². The summed E-state index contributed by atoms with van der Waals surface area (Å²) in [4.78, 5) is 18.8. The third-order valence-corrected chi connectivity index (χ3v) is 4.67. The third-order valence-electron chi connectivity index (χ3n) is 4.67. The monoisotopic (exact) mass is 363 g/mol. The molecule has 0 radical (unpaired) electrons. The molecule has 4 N–H and O–H groups in total. The zero-order valence-corrected chi connectivity index (χ0v) is 15.5. The number of nitrogens with one attached hydrogen (secondary N) is 2. The van der Waals surface area contributed by atoms with Gasteiger partial charge >= 0.3 is 0 Å². The van der Waals surface area contributed by atoms with Crippen molar-refractivity contribution in [2.75, 3.05) is 18.4 Å². The minimum atomic E-state index is -0.172. The van der Waals surface area contributed by atoms with Gasteiger partial charge in [0.2, 0.25) is 5.91 Å². The Hall–Kier alpha value is -2.96. The smallest absolute Gasteiger partial charge is 0.248 e. The molecule has 0 spiro atoms. The van der Waals surface area contributed by atoms with Gasteiger partial charge in [-0.15, -0.1) is 0 Å². The molecule has 0 unspecified atom stereocenters. The van der Waals surface area contributed by atoms with Crippen molar-refractivity contribution in [3.63, 3.8) is 0 Å². The first kappa shape index (κ1) is 18.8. The standard InChI is InChI=1S/C21H25N5O/c1-2-26-12-9-16-3-5-20(13-19(16)15-26)25-21(27)6-4-18-14-23-10-7-17(18)8-11-24-22/h3-8,10-11,13-14,24H,2,9,12,15,22H2,1H3,(H,25,27)/b6-4+,11-8+. The van der Waals surface area contributed by atoms with Crippen LogP contribution in [-0.4, -0.2) is 28.9 Å². The number of amides is 1. The van der Waals surface area contributed by atoms with Crippen molar-refractivity contribution < 1.29 is 4.79 Å². The van der Waals surface area contributed by atoms with E-state index in [1.165, 1.54) is 17.2 Å². The average Bonchev–Trinajstić information content (AvgIpc) is 2.70. The Morgan fingerprint density at radius 2 is 2.15 bits per heavy atom. The van der Waals surface area contributed by atoms with Gasteiger partial charge in [0.15, 0.2) is 0 Å². The molecule has 1 aromatic heterocycles. The van der Waals surface area contributed by atoms with Crippen LogP contribution >= 0.6 is 0 Å². The second-order valence-electron chi connectivity index (χ2n) is 6.43. The summed E-state index contributed by atoms with van der Waals surface area (Å²) in [5, 5.41) is 2.94. The Balaban J connectivity index is 1.68. The maximum atomic E-state index is 12.3. The molecule has 1 amide bonds. The normalized spacial score (nSPS) is 14.4. The lowest BCUT2D eigenvalue weighted by Gasteiger charge is -2.27. The first-order valence-electron chi connectivity index (χ1n) is 9.09. The maximum Gasteiger partial charge on any atom is 0.248 e. The van der Waals surface area contributed by atoms with Crippen LogP contribution < -0.4 is 16.6 Å². The van der Waals surface area contributed by atoms with E-state index in [2.05, 4.69) is 39.7 Å². The molecule has 0 atom stereocenters. The molecule has 6 nitrogen and oxygen atoms in total. The SMILES string of the molecule is CCN1CCc2ccc(NC(=O)/C=C/c3cnccc3/C=C/NN)cc2C1. The van der Waals surface area contributed by atoms with Crippen LogP contribution in [0.3, 0.4) is 0 Å². The summed E-state index contributed by atoms with van der Waals surface area (Å²) >= 11 is 0. The summed E-state index contributed by atoms with van der Waals surface area (Å²) in [5.41, 5.74) is 7.70. The highest BCUT2D eigenvalue weighted by molar-refractivity contribution is 6.02. The number of anilines is 1. The van der Waals surface area contributed by atoms with E-state index in [1.807, 2.05) is 18.2 Å². The molecule has 1 aliphatic heterocycles. The van der Waals surface area contributed by atoms with E-state index in [0.29, 0.717) is 0 Å². The number of rotatable bonds is 6. The summed E-state index contributed by atoms with van der Waals surface area (Å²) in [6.45, 7) is 5.25. The van der Waals surface area contributed by atoms with Crippen molar-refractivity contribution in [1.29, 1.82) is 0 Å². The van der Waals surface area contributed by atoms with Gasteiger partial charge < -0.3 is 10.7 Å². The summed E-state index contributed by atoms with van der Waals surface area (Å²) in [6, 6.07) is 8.02. The Labute approximate surface area is 159 Å². The fraction of sp³-hybridized carbons (Fsp3) is 0.238. The third kappa shape index (κ3) is 5.03. The topological polar surface area (TPSA) is 83.3 Å². The quantitative estimate of drug-likeness (QED) is 0.417. The number of fused-ring (bicyclic) bond motifs is 1. The van der Waals surface area contributed by atoms with Crippen molar-refractivity contribution in [1.82, 2.24) is 15.3 Å². The fourth-order valence-electron chi connectivity index (χ4n) is 3.16. The number of aromatic nitrogens is 1. The van der Waals surface area contributed by atoms with Crippen LogP contribution in [0.15, 0.2) is 48.9 Å². The van der Waals surface area contributed by atoms with Gasteiger partial charge in [0, 0.05) is 49.0 Å². The van der Waals surface area contributed by atoms with E-state index in [4.69, 9.17) is 5.84 Å². The minimum Gasteiger partial charge on any atom is -0.331 e. The number of pyridine rings is 1. The van der Waals surface area contributed by atoms with E-state index in [0.717, 1.165) is 42.9 Å². The second kappa shape index (κ2) is 9.12. The van der Waals surface area contributed by atoms with Gasteiger partial charge in [-0.1, -0.05) is 13.0 Å². The van der Waals surface area contributed by atoms with E-state index >= 15 is 0 Å². The summed E-state index contributed by atoms with van der Waals surface area (Å²) in [6.07, 6.45) is 11.2. The van der Waals surface area contributed by atoms with Crippen molar-refractivity contribution in [2.24, 2.45) is 5.84 Å².